The van der Waals surface area contributed by atoms with Crippen molar-refractivity contribution in [1.29, 1.82) is 0 Å². The van der Waals surface area contributed by atoms with Gasteiger partial charge in [0.1, 0.15) is 6.54 Å². The molecule has 1 atom stereocenters. The summed E-state index contributed by atoms with van der Waals surface area (Å²) in [4.78, 5) is 34.4. The van der Waals surface area contributed by atoms with Crippen LogP contribution in [0, 0.1) is 0 Å². The minimum absolute atomic E-state index is 0.0704. The molecule has 0 fully saturated rings. The number of aliphatic carboxylic acids is 1. The molecule has 0 radical (unpaired) electrons. The van der Waals surface area contributed by atoms with Gasteiger partial charge < -0.3 is 15.7 Å². The van der Waals surface area contributed by atoms with E-state index in [9.17, 15) is 14.4 Å². The Bertz CT molecular complexity index is 813. The van der Waals surface area contributed by atoms with Crippen molar-refractivity contribution in [3.63, 3.8) is 0 Å². The van der Waals surface area contributed by atoms with Gasteiger partial charge in [-0.15, -0.1) is 0 Å². The number of hydrogen-bond donors (Lipinski definition) is 3. The fourth-order valence-electron chi connectivity index (χ4n) is 2.82. The Labute approximate surface area is 165 Å². The lowest BCUT2D eigenvalue weighted by atomic mass is 9.96. The molecule has 2 amide bonds. The maximum Gasteiger partial charge on any atom is 0.322 e. The van der Waals surface area contributed by atoms with Crippen molar-refractivity contribution >= 4 is 23.5 Å². The van der Waals surface area contributed by atoms with Crippen LogP contribution < -0.4 is 10.6 Å². The highest BCUT2D eigenvalue weighted by Gasteiger charge is 2.12. The highest BCUT2D eigenvalue weighted by molar-refractivity contribution is 5.91. The minimum atomic E-state index is -1.08. The van der Waals surface area contributed by atoms with E-state index in [-0.39, 0.29) is 24.2 Å². The van der Waals surface area contributed by atoms with Crippen molar-refractivity contribution in [3.8, 4) is 0 Å². The Hall–Kier alpha value is -3.15. The number of amides is 2. The van der Waals surface area contributed by atoms with Crippen LogP contribution in [0.2, 0.25) is 0 Å². The van der Waals surface area contributed by atoms with E-state index in [1.54, 1.807) is 24.3 Å². The van der Waals surface area contributed by atoms with E-state index in [4.69, 9.17) is 5.11 Å². The molecule has 148 valence electrons. The Kier molecular flexibility index (Phi) is 7.75. The molecule has 0 aliphatic carbocycles. The second kappa shape index (κ2) is 10.3. The molecule has 3 N–H and O–H groups in total. The number of carbonyl (C=O) groups excluding carboxylic acids is 2. The molecule has 0 saturated heterocycles. The maximum absolute atomic E-state index is 12.3. The molecule has 0 aliphatic rings. The first-order valence-corrected chi connectivity index (χ1v) is 9.33. The second-order valence-corrected chi connectivity index (χ2v) is 6.79. The van der Waals surface area contributed by atoms with E-state index in [2.05, 4.69) is 41.8 Å². The van der Waals surface area contributed by atoms with Gasteiger partial charge in [0, 0.05) is 12.1 Å². The van der Waals surface area contributed by atoms with Crippen molar-refractivity contribution in [2.24, 2.45) is 0 Å². The molecular weight excluding hydrogens is 356 g/mol. The van der Waals surface area contributed by atoms with Crippen LogP contribution in [0.3, 0.4) is 0 Å². The number of carbonyl (C=O) groups is 3. The van der Waals surface area contributed by atoms with Gasteiger partial charge in [0.25, 0.3) is 0 Å². The zero-order valence-electron chi connectivity index (χ0n) is 16.2. The molecule has 2 aromatic rings. The summed E-state index contributed by atoms with van der Waals surface area (Å²) in [6.45, 7) is 3.74. The number of benzene rings is 2. The van der Waals surface area contributed by atoms with Gasteiger partial charge in [-0.25, -0.2) is 0 Å². The largest absolute Gasteiger partial charge is 0.480 e. The number of anilines is 1. The van der Waals surface area contributed by atoms with Crippen molar-refractivity contribution < 1.29 is 19.5 Å². The Morgan fingerprint density at radius 2 is 1.54 bits per heavy atom. The van der Waals surface area contributed by atoms with E-state index in [0.29, 0.717) is 12.1 Å². The monoisotopic (exact) mass is 382 g/mol. The molecule has 6 nitrogen and oxygen atoms in total. The first-order valence-electron chi connectivity index (χ1n) is 9.33. The van der Waals surface area contributed by atoms with Crippen LogP contribution in [-0.4, -0.2) is 29.4 Å². The average Bonchev–Trinajstić information content (AvgIpc) is 2.68. The molecule has 0 heterocycles. The Balaban J connectivity index is 1.84. The minimum Gasteiger partial charge on any atom is -0.480 e. The standard InChI is InChI=1S/C22H26N2O4/c1-3-16-4-8-18(9-5-16)15(2)12-21(26)24-19-10-6-17(7-11-19)13-20(25)23-14-22(27)28/h4-11,15H,3,12-14H2,1-2H3,(H,23,25)(H,24,26)(H,27,28). The molecule has 0 saturated carbocycles. The number of carboxylic acid groups (broad SMARTS) is 1. The first kappa shape index (κ1) is 21.2. The molecule has 0 aliphatic heterocycles. The van der Waals surface area contributed by atoms with Gasteiger partial charge in [0.15, 0.2) is 0 Å². The maximum atomic E-state index is 12.3. The summed E-state index contributed by atoms with van der Waals surface area (Å²) in [7, 11) is 0. The Morgan fingerprint density at radius 3 is 2.11 bits per heavy atom. The van der Waals surface area contributed by atoms with E-state index in [0.717, 1.165) is 17.5 Å². The number of hydrogen-bond acceptors (Lipinski definition) is 3. The van der Waals surface area contributed by atoms with Gasteiger partial charge in [-0.3, -0.25) is 14.4 Å². The summed E-state index contributed by atoms with van der Waals surface area (Å²) in [5.74, 6) is -1.40. The summed E-state index contributed by atoms with van der Waals surface area (Å²) in [6, 6.07) is 15.3. The fourth-order valence-corrected chi connectivity index (χ4v) is 2.82. The highest BCUT2D eigenvalue weighted by Crippen LogP contribution is 2.21. The number of rotatable bonds is 9. The normalized spacial score (nSPS) is 11.5. The van der Waals surface area contributed by atoms with Gasteiger partial charge in [-0.05, 0) is 41.2 Å². The molecule has 0 bridgehead atoms. The molecule has 2 aromatic carbocycles. The molecule has 0 aromatic heterocycles. The van der Waals surface area contributed by atoms with E-state index < -0.39 is 12.5 Å². The SMILES string of the molecule is CCc1ccc(C(C)CC(=O)Nc2ccc(CC(=O)NCC(=O)O)cc2)cc1. The lowest BCUT2D eigenvalue weighted by Crippen LogP contribution is -2.30. The molecule has 6 heteroatoms. The highest BCUT2D eigenvalue weighted by atomic mass is 16.4. The number of aryl methyl sites for hydroxylation is 1. The third-order valence-corrected chi connectivity index (χ3v) is 4.49. The summed E-state index contributed by atoms with van der Waals surface area (Å²) < 4.78 is 0. The lowest BCUT2D eigenvalue weighted by Gasteiger charge is -2.13. The molecule has 2 rings (SSSR count). The summed E-state index contributed by atoms with van der Waals surface area (Å²) >= 11 is 0. The lowest BCUT2D eigenvalue weighted by molar-refractivity contribution is -0.137. The smallest absolute Gasteiger partial charge is 0.322 e. The van der Waals surface area contributed by atoms with E-state index >= 15 is 0 Å². The summed E-state index contributed by atoms with van der Waals surface area (Å²) in [5.41, 5.74) is 3.81. The predicted octanol–water partition coefficient (Wildman–Crippen LogP) is 3.12. The van der Waals surface area contributed by atoms with Crippen molar-refractivity contribution in [2.75, 3.05) is 11.9 Å². The number of carboxylic acids is 1. The average molecular weight is 382 g/mol. The van der Waals surface area contributed by atoms with Crippen molar-refractivity contribution in [1.82, 2.24) is 5.32 Å². The van der Waals surface area contributed by atoms with Crippen molar-refractivity contribution in [2.45, 2.75) is 39.0 Å². The number of nitrogens with one attached hydrogen (secondary N) is 2. The van der Waals surface area contributed by atoms with Gasteiger partial charge in [0.2, 0.25) is 11.8 Å². The van der Waals surface area contributed by atoms with Crippen LogP contribution in [-0.2, 0) is 27.2 Å². The molecule has 28 heavy (non-hydrogen) atoms. The van der Waals surface area contributed by atoms with E-state index in [1.165, 1.54) is 5.56 Å². The quantitative estimate of drug-likeness (QED) is 0.621. The Morgan fingerprint density at radius 1 is 0.929 bits per heavy atom. The van der Waals surface area contributed by atoms with Crippen LogP contribution in [0.5, 0.6) is 0 Å². The molecular formula is C22H26N2O4. The zero-order chi connectivity index (χ0) is 20.5. The summed E-state index contributed by atoms with van der Waals surface area (Å²) in [5, 5.41) is 13.7. The van der Waals surface area contributed by atoms with Crippen LogP contribution in [0.15, 0.2) is 48.5 Å². The van der Waals surface area contributed by atoms with E-state index in [1.807, 2.05) is 6.92 Å². The van der Waals surface area contributed by atoms with Gasteiger partial charge in [-0.1, -0.05) is 50.2 Å². The van der Waals surface area contributed by atoms with Crippen molar-refractivity contribution in [3.05, 3.63) is 65.2 Å². The topological polar surface area (TPSA) is 95.5 Å². The second-order valence-electron chi connectivity index (χ2n) is 6.79. The van der Waals surface area contributed by atoms with Gasteiger partial charge >= 0.3 is 5.97 Å². The van der Waals surface area contributed by atoms with Crippen LogP contribution in [0.1, 0.15) is 42.9 Å². The van der Waals surface area contributed by atoms with Crippen LogP contribution in [0.25, 0.3) is 0 Å². The third-order valence-electron chi connectivity index (χ3n) is 4.49. The van der Waals surface area contributed by atoms with Gasteiger partial charge in [0.05, 0.1) is 6.42 Å². The summed E-state index contributed by atoms with van der Waals surface area (Å²) in [6.07, 6.45) is 1.46. The predicted molar refractivity (Wildman–Crippen MR) is 108 cm³/mol. The zero-order valence-corrected chi connectivity index (χ0v) is 16.2. The van der Waals surface area contributed by atoms with Crippen LogP contribution >= 0.6 is 0 Å². The van der Waals surface area contributed by atoms with Gasteiger partial charge in [-0.2, -0.15) is 0 Å². The molecule has 1 unspecified atom stereocenters. The first-order chi connectivity index (χ1) is 13.4. The molecule has 0 spiro atoms. The fraction of sp³-hybridized carbons (Fsp3) is 0.318. The third kappa shape index (κ3) is 6.87. The van der Waals surface area contributed by atoms with Crippen LogP contribution in [0.4, 0.5) is 5.69 Å².